The van der Waals surface area contributed by atoms with Crippen LogP contribution in [-0.2, 0) is 27.1 Å². The quantitative estimate of drug-likeness (QED) is 0.683. The number of para-hydroxylation sites is 1. The number of imidazole rings is 1. The van der Waals surface area contributed by atoms with Crippen molar-refractivity contribution in [2.45, 2.75) is 19.4 Å². The molecule has 27 heavy (non-hydrogen) atoms. The molecule has 0 atom stereocenters. The maximum Gasteiger partial charge on any atom is 0.332 e. The third-order valence-electron chi connectivity index (χ3n) is 5.32. The summed E-state index contributed by atoms with van der Waals surface area (Å²) in [4.78, 5) is 31.3. The van der Waals surface area contributed by atoms with Crippen LogP contribution in [0.1, 0.15) is 12.0 Å². The van der Waals surface area contributed by atoms with Gasteiger partial charge in [-0.05, 0) is 24.5 Å². The summed E-state index contributed by atoms with van der Waals surface area (Å²) in [5.74, 6) is 0.876. The van der Waals surface area contributed by atoms with Crippen LogP contribution in [0.5, 0.6) is 5.75 Å². The molecule has 0 fully saturated rings. The Kier molecular flexibility index (Phi) is 4.25. The van der Waals surface area contributed by atoms with Gasteiger partial charge in [-0.2, -0.15) is 0 Å². The zero-order valence-corrected chi connectivity index (χ0v) is 15.8. The molecule has 1 aromatic carbocycles. The van der Waals surface area contributed by atoms with Crippen molar-refractivity contribution in [1.82, 2.24) is 18.7 Å². The van der Waals surface area contributed by atoms with Gasteiger partial charge in [0.25, 0.3) is 5.56 Å². The van der Waals surface area contributed by atoms with Crippen molar-refractivity contribution in [3.05, 3.63) is 50.9 Å². The van der Waals surface area contributed by atoms with Crippen LogP contribution < -0.4 is 20.9 Å². The standard InChI is InChI=1S/C19H23N5O3/c1-21-17-16(18(25)22(2)19(21)26)24(12-20-17)11-10-23-9-5-7-13-6-4-8-14(27-3)15(13)23/h4,6,8,12H,5,7,9-11H2,1-3H3. The number of benzene rings is 1. The Balaban J connectivity index is 1.69. The lowest BCUT2D eigenvalue weighted by Gasteiger charge is -2.32. The highest BCUT2D eigenvalue weighted by molar-refractivity contribution is 5.70. The molecular formula is C19H23N5O3. The number of aryl methyl sites for hydroxylation is 2. The Hall–Kier alpha value is -3.03. The van der Waals surface area contributed by atoms with Crippen LogP contribution in [0.3, 0.4) is 0 Å². The minimum Gasteiger partial charge on any atom is -0.495 e. The van der Waals surface area contributed by atoms with Crippen molar-refractivity contribution < 1.29 is 4.74 Å². The van der Waals surface area contributed by atoms with Gasteiger partial charge in [-0.1, -0.05) is 12.1 Å². The molecule has 2 aromatic heterocycles. The summed E-state index contributed by atoms with van der Waals surface area (Å²) in [6.45, 7) is 2.27. The van der Waals surface area contributed by atoms with Gasteiger partial charge in [0.1, 0.15) is 5.75 Å². The third kappa shape index (κ3) is 2.72. The number of hydrogen-bond acceptors (Lipinski definition) is 5. The Bertz CT molecular complexity index is 1110. The SMILES string of the molecule is COc1cccc2c1N(CCn1cnc3c1c(=O)n(C)c(=O)n3C)CCC2. The first-order valence-electron chi connectivity index (χ1n) is 9.04. The predicted molar refractivity (Wildman–Crippen MR) is 104 cm³/mol. The van der Waals surface area contributed by atoms with E-state index in [0.717, 1.165) is 41.9 Å². The fourth-order valence-electron chi connectivity index (χ4n) is 3.88. The molecule has 0 saturated heterocycles. The van der Waals surface area contributed by atoms with E-state index in [9.17, 15) is 9.59 Å². The van der Waals surface area contributed by atoms with Crippen LogP contribution in [0.2, 0.25) is 0 Å². The van der Waals surface area contributed by atoms with E-state index >= 15 is 0 Å². The van der Waals surface area contributed by atoms with Crippen molar-refractivity contribution in [1.29, 1.82) is 0 Å². The number of hydrogen-bond donors (Lipinski definition) is 0. The lowest BCUT2D eigenvalue weighted by molar-refractivity contribution is 0.412. The Morgan fingerprint density at radius 2 is 1.96 bits per heavy atom. The van der Waals surface area contributed by atoms with Gasteiger partial charge in [0.15, 0.2) is 11.2 Å². The molecular weight excluding hydrogens is 346 g/mol. The summed E-state index contributed by atoms with van der Waals surface area (Å²) in [5, 5.41) is 0. The molecule has 3 aromatic rings. The second-order valence-electron chi connectivity index (χ2n) is 6.87. The van der Waals surface area contributed by atoms with Gasteiger partial charge >= 0.3 is 5.69 Å². The molecule has 0 radical (unpaired) electrons. The van der Waals surface area contributed by atoms with E-state index in [4.69, 9.17) is 4.74 Å². The van der Waals surface area contributed by atoms with Crippen LogP contribution in [0.25, 0.3) is 11.2 Å². The lowest BCUT2D eigenvalue weighted by Crippen LogP contribution is -2.38. The summed E-state index contributed by atoms with van der Waals surface area (Å²) < 4.78 is 9.93. The maximum absolute atomic E-state index is 12.6. The van der Waals surface area contributed by atoms with Crippen LogP contribution >= 0.6 is 0 Å². The molecule has 0 spiro atoms. The van der Waals surface area contributed by atoms with E-state index in [1.807, 2.05) is 16.7 Å². The molecule has 1 aliphatic heterocycles. The Morgan fingerprint density at radius 1 is 1.15 bits per heavy atom. The van der Waals surface area contributed by atoms with Crippen molar-refractivity contribution in [3.8, 4) is 5.75 Å². The minimum absolute atomic E-state index is 0.317. The van der Waals surface area contributed by atoms with Crippen molar-refractivity contribution in [2.75, 3.05) is 25.1 Å². The first kappa shape index (κ1) is 17.4. The molecule has 4 rings (SSSR count). The fourth-order valence-corrected chi connectivity index (χ4v) is 3.88. The number of nitrogens with zero attached hydrogens (tertiary/aromatic N) is 5. The predicted octanol–water partition coefficient (Wildman–Crippen LogP) is 0.895. The summed E-state index contributed by atoms with van der Waals surface area (Å²) in [6, 6.07) is 6.15. The smallest absolute Gasteiger partial charge is 0.332 e. The number of methoxy groups -OCH3 is 1. The summed E-state index contributed by atoms with van der Waals surface area (Å²) in [6.07, 6.45) is 3.76. The number of fused-ring (bicyclic) bond motifs is 2. The summed E-state index contributed by atoms with van der Waals surface area (Å²) in [7, 11) is 4.82. The highest BCUT2D eigenvalue weighted by Crippen LogP contribution is 2.35. The van der Waals surface area contributed by atoms with E-state index in [0.29, 0.717) is 17.7 Å². The molecule has 0 unspecified atom stereocenters. The maximum atomic E-state index is 12.6. The van der Waals surface area contributed by atoms with Crippen LogP contribution in [0.4, 0.5) is 5.69 Å². The zero-order valence-electron chi connectivity index (χ0n) is 15.8. The topological polar surface area (TPSA) is 74.3 Å². The Labute approximate surface area is 156 Å². The molecule has 3 heterocycles. The molecule has 8 nitrogen and oxygen atoms in total. The largest absolute Gasteiger partial charge is 0.495 e. The molecule has 0 N–H and O–H groups in total. The average molecular weight is 369 g/mol. The van der Waals surface area contributed by atoms with Gasteiger partial charge in [-0.3, -0.25) is 13.9 Å². The zero-order chi connectivity index (χ0) is 19.1. The van der Waals surface area contributed by atoms with Crippen molar-refractivity contribution >= 4 is 16.9 Å². The van der Waals surface area contributed by atoms with Crippen LogP contribution in [0.15, 0.2) is 34.1 Å². The molecule has 0 saturated carbocycles. The fraction of sp³-hybridized carbons (Fsp3) is 0.421. The highest BCUT2D eigenvalue weighted by Gasteiger charge is 2.21. The van der Waals surface area contributed by atoms with E-state index in [2.05, 4.69) is 16.0 Å². The van der Waals surface area contributed by atoms with Gasteiger partial charge in [0.05, 0.1) is 19.1 Å². The molecule has 142 valence electrons. The van der Waals surface area contributed by atoms with E-state index in [1.54, 1.807) is 20.5 Å². The van der Waals surface area contributed by atoms with Crippen molar-refractivity contribution in [3.63, 3.8) is 0 Å². The number of aromatic nitrogens is 4. The number of ether oxygens (including phenoxy) is 1. The first-order valence-corrected chi connectivity index (χ1v) is 9.04. The molecule has 1 aliphatic rings. The van der Waals surface area contributed by atoms with Crippen LogP contribution in [-0.4, -0.2) is 38.9 Å². The molecule has 8 heteroatoms. The molecule has 0 bridgehead atoms. The summed E-state index contributed by atoms with van der Waals surface area (Å²) >= 11 is 0. The van der Waals surface area contributed by atoms with Gasteiger partial charge < -0.3 is 14.2 Å². The second-order valence-corrected chi connectivity index (χ2v) is 6.87. The van der Waals surface area contributed by atoms with Gasteiger partial charge in [-0.25, -0.2) is 9.78 Å². The first-order chi connectivity index (χ1) is 13.0. The highest BCUT2D eigenvalue weighted by atomic mass is 16.5. The van der Waals surface area contributed by atoms with Gasteiger partial charge in [-0.15, -0.1) is 0 Å². The van der Waals surface area contributed by atoms with Gasteiger partial charge in [0.2, 0.25) is 0 Å². The minimum atomic E-state index is -0.368. The average Bonchev–Trinajstić information content (AvgIpc) is 3.12. The van der Waals surface area contributed by atoms with E-state index in [-0.39, 0.29) is 11.2 Å². The van der Waals surface area contributed by atoms with Crippen LogP contribution in [0, 0.1) is 0 Å². The van der Waals surface area contributed by atoms with Crippen molar-refractivity contribution in [2.24, 2.45) is 14.1 Å². The van der Waals surface area contributed by atoms with E-state index in [1.165, 1.54) is 17.2 Å². The Morgan fingerprint density at radius 3 is 2.74 bits per heavy atom. The number of rotatable bonds is 4. The summed E-state index contributed by atoms with van der Waals surface area (Å²) in [5.41, 5.74) is 2.61. The normalized spacial score (nSPS) is 13.8. The van der Waals surface area contributed by atoms with Gasteiger partial charge in [0, 0.05) is 33.7 Å². The third-order valence-corrected chi connectivity index (χ3v) is 5.32. The molecule has 0 amide bonds. The second kappa shape index (κ2) is 6.61. The lowest BCUT2D eigenvalue weighted by atomic mass is 10.0. The molecule has 0 aliphatic carbocycles. The number of anilines is 1. The van der Waals surface area contributed by atoms with E-state index < -0.39 is 0 Å². The monoisotopic (exact) mass is 369 g/mol.